The van der Waals surface area contributed by atoms with E-state index in [9.17, 15) is 4.79 Å². The van der Waals surface area contributed by atoms with Crippen molar-refractivity contribution in [2.24, 2.45) is 10.2 Å². The minimum Gasteiger partial charge on any atom is -0.497 e. The van der Waals surface area contributed by atoms with Crippen molar-refractivity contribution in [1.29, 1.82) is 0 Å². The van der Waals surface area contributed by atoms with Crippen LogP contribution in [0.5, 0.6) is 5.75 Å². The molecule has 3 aromatic rings. The molecule has 4 rings (SSSR count). The highest BCUT2D eigenvalue weighted by Gasteiger charge is 2.30. The zero-order valence-electron chi connectivity index (χ0n) is 15.0. The molecule has 1 aromatic heterocycles. The van der Waals surface area contributed by atoms with Crippen LogP contribution in [0.25, 0.3) is 17.2 Å². The second kappa shape index (κ2) is 6.99. The molecular formula is C21H18N4O2. The van der Waals surface area contributed by atoms with Gasteiger partial charge in [-0.2, -0.15) is 10.2 Å². The number of fused-ring (bicyclic) bond motifs is 1. The van der Waals surface area contributed by atoms with E-state index < -0.39 is 6.17 Å². The minimum absolute atomic E-state index is 0.171. The third-order valence-corrected chi connectivity index (χ3v) is 4.43. The highest BCUT2D eigenvalue weighted by molar-refractivity contribution is 5.97. The Kier molecular flexibility index (Phi) is 4.38. The van der Waals surface area contributed by atoms with Gasteiger partial charge < -0.3 is 4.74 Å². The lowest BCUT2D eigenvalue weighted by Crippen LogP contribution is -2.13. The van der Waals surface area contributed by atoms with E-state index in [1.54, 1.807) is 17.9 Å². The number of aromatic nitrogens is 2. The Balaban J connectivity index is 1.58. The summed E-state index contributed by atoms with van der Waals surface area (Å²) in [6.07, 6.45) is 2.51. The molecule has 0 saturated carbocycles. The summed E-state index contributed by atoms with van der Waals surface area (Å²) in [5, 5.41) is 12.9. The van der Waals surface area contributed by atoms with Crippen LogP contribution in [0.15, 0.2) is 70.9 Å². The first kappa shape index (κ1) is 16.9. The smallest absolute Gasteiger partial charge is 0.226 e. The topological polar surface area (TPSA) is 68.8 Å². The molecule has 27 heavy (non-hydrogen) atoms. The molecule has 0 N–H and O–H groups in total. The number of carbonyl (C=O) groups is 1. The summed E-state index contributed by atoms with van der Waals surface area (Å²) in [7, 11) is 1.62. The van der Waals surface area contributed by atoms with Crippen LogP contribution < -0.4 is 4.74 Å². The van der Waals surface area contributed by atoms with Gasteiger partial charge in [0, 0.05) is 0 Å². The van der Waals surface area contributed by atoms with E-state index in [-0.39, 0.29) is 5.78 Å². The van der Waals surface area contributed by atoms with Gasteiger partial charge in [-0.3, -0.25) is 4.79 Å². The van der Waals surface area contributed by atoms with Crippen molar-refractivity contribution in [2.45, 2.75) is 13.1 Å². The molecule has 0 amide bonds. The molecule has 6 heteroatoms. The van der Waals surface area contributed by atoms with E-state index >= 15 is 0 Å². The minimum atomic E-state index is -0.759. The predicted octanol–water partition coefficient (Wildman–Crippen LogP) is 4.75. The van der Waals surface area contributed by atoms with Crippen molar-refractivity contribution in [3.8, 4) is 16.9 Å². The Labute approximate surface area is 156 Å². The Hall–Kier alpha value is -3.54. The van der Waals surface area contributed by atoms with Gasteiger partial charge >= 0.3 is 0 Å². The standard InChI is InChI=1S/C21H18N4O2/c1-14-19(16-6-4-3-5-7-16)21-23-22-20(25(21)24-14)18(26)13-10-15-8-11-17(27-2)12-9-15/h3-13,20H,1-2H3/b13-10+. The lowest BCUT2D eigenvalue weighted by Gasteiger charge is -2.04. The van der Waals surface area contributed by atoms with Crippen LogP contribution in [-0.4, -0.2) is 22.7 Å². The summed E-state index contributed by atoms with van der Waals surface area (Å²) < 4.78 is 6.73. The molecule has 2 aromatic carbocycles. The van der Waals surface area contributed by atoms with Crippen molar-refractivity contribution in [3.63, 3.8) is 0 Å². The van der Waals surface area contributed by atoms with E-state index in [0.29, 0.717) is 5.82 Å². The third kappa shape index (κ3) is 3.17. The molecule has 1 aliphatic heterocycles. The fraction of sp³-hybridized carbons (Fsp3) is 0.143. The first-order valence-corrected chi connectivity index (χ1v) is 8.59. The third-order valence-electron chi connectivity index (χ3n) is 4.43. The second-order valence-electron chi connectivity index (χ2n) is 6.19. The molecule has 0 saturated heterocycles. The highest BCUT2D eigenvalue weighted by atomic mass is 16.5. The summed E-state index contributed by atoms with van der Waals surface area (Å²) in [6, 6.07) is 17.3. The normalized spacial score (nSPS) is 15.3. The van der Waals surface area contributed by atoms with E-state index in [1.807, 2.05) is 61.5 Å². The molecule has 134 valence electrons. The van der Waals surface area contributed by atoms with Gasteiger partial charge in [-0.1, -0.05) is 48.5 Å². The number of rotatable bonds is 5. The van der Waals surface area contributed by atoms with Crippen LogP contribution in [-0.2, 0) is 4.79 Å². The number of carbonyl (C=O) groups excluding carboxylic acids is 1. The molecule has 1 aliphatic rings. The maximum absolute atomic E-state index is 12.6. The van der Waals surface area contributed by atoms with Crippen LogP contribution in [0.4, 0.5) is 5.82 Å². The predicted molar refractivity (Wildman–Crippen MR) is 103 cm³/mol. The molecule has 1 unspecified atom stereocenters. The lowest BCUT2D eigenvalue weighted by molar-refractivity contribution is -0.117. The van der Waals surface area contributed by atoms with Crippen molar-refractivity contribution < 1.29 is 9.53 Å². The number of ether oxygens (including phenoxy) is 1. The Morgan fingerprint density at radius 3 is 2.56 bits per heavy atom. The molecule has 2 heterocycles. The summed E-state index contributed by atoms with van der Waals surface area (Å²) in [4.78, 5) is 12.6. The Morgan fingerprint density at radius 2 is 1.85 bits per heavy atom. The van der Waals surface area contributed by atoms with Crippen LogP contribution in [0.1, 0.15) is 17.4 Å². The van der Waals surface area contributed by atoms with E-state index in [0.717, 1.165) is 28.1 Å². The fourth-order valence-electron chi connectivity index (χ4n) is 3.06. The van der Waals surface area contributed by atoms with Gasteiger partial charge in [-0.15, -0.1) is 5.11 Å². The van der Waals surface area contributed by atoms with E-state index in [2.05, 4.69) is 15.3 Å². The van der Waals surface area contributed by atoms with Gasteiger partial charge in [-0.05, 0) is 36.3 Å². The lowest BCUT2D eigenvalue weighted by atomic mass is 10.1. The molecule has 6 nitrogen and oxygen atoms in total. The first-order chi connectivity index (χ1) is 13.2. The fourth-order valence-corrected chi connectivity index (χ4v) is 3.06. The summed E-state index contributed by atoms with van der Waals surface area (Å²) in [5.41, 5.74) is 3.65. The van der Waals surface area contributed by atoms with Gasteiger partial charge in [0.15, 0.2) is 5.82 Å². The largest absolute Gasteiger partial charge is 0.497 e. The summed E-state index contributed by atoms with van der Waals surface area (Å²) in [6.45, 7) is 1.91. The van der Waals surface area contributed by atoms with Crippen molar-refractivity contribution in [1.82, 2.24) is 9.78 Å². The summed E-state index contributed by atoms with van der Waals surface area (Å²) >= 11 is 0. The average molecular weight is 358 g/mol. The number of methoxy groups -OCH3 is 1. The van der Waals surface area contributed by atoms with Crippen LogP contribution in [0.3, 0.4) is 0 Å². The monoisotopic (exact) mass is 358 g/mol. The van der Waals surface area contributed by atoms with Crippen LogP contribution >= 0.6 is 0 Å². The summed E-state index contributed by atoms with van der Waals surface area (Å²) in [5.74, 6) is 1.22. The van der Waals surface area contributed by atoms with Crippen molar-refractivity contribution in [2.75, 3.05) is 7.11 Å². The number of ketones is 1. The highest BCUT2D eigenvalue weighted by Crippen LogP contribution is 2.39. The maximum Gasteiger partial charge on any atom is 0.226 e. The first-order valence-electron chi connectivity index (χ1n) is 8.59. The van der Waals surface area contributed by atoms with E-state index in [1.165, 1.54) is 6.08 Å². The van der Waals surface area contributed by atoms with Gasteiger partial charge in [-0.25, -0.2) is 4.68 Å². The molecule has 0 aliphatic carbocycles. The van der Waals surface area contributed by atoms with Crippen LogP contribution in [0, 0.1) is 6.92 Å². The van der Waals surface area contributed by atoms with Crippen molar-refractivity contribution in [3.05, 3.63) is 71.9 Å². The average Bonchev–Trinajstić information content (AvgIpc) is 3.25. The molecular weight excluding hydrogens is 340 g/mol. The maximum atomic E-state index is 12.6. The molecule has 0 fully saturated rings. The molecule has 0 radical (unpaired) electrons. The number of nitrogens with zero attached hydrogens (tertiary/aromatic N) is 4. The molecule has 0 bridgehead atoms. The van der Waals surface area contributed by atoms with Crippen molar-refractivity contribution >= 4 is 17.7 Å². The number of azo groups is 1. The van der Waals surface area contributed by atoms with Gasteiger partial charge in [0.05, 0.1) is 18.4 Å². The number of benzene rings is 2. The zero-order chi connectivity index (χ0) is 18.8. The SMILES string of the molecule is COc1ccc(/C=C/C(=O)C2N=Nc3c(-c4ccccc4)c(C)nn32)cc1. The number of hydrogen-bond donors (Lipinski definition) is 0. The van der Waals surface area contributed by atoms with Gasteiger partial charge in [0.2, 0.25) is 11.9 Å². The molecule has 1 atom stereocenters. The number of aryl methyl sites for hydroxylation is 1. The van der Waals surface area contributed by atoms with Crippen LogP contribution in [0.2, 0.25) is 0 Å². The Bertz CT molecular complexity index is 1030. The quantitative estimate of drug-likeness (QED) is 0.618. The number of hydrogen-bond acceptors (Lipinski definition) is 5. The van der Waals surface area contributed by atoms with E-state index in [4.69, 9.17) is 4.74 Å². The molecule has 0 spiro atoms. The van der Waals surface area contributed by atoms with Gasteiger partial charge in [0.25, 0.3) is 0 Å². The Morgan fingerprint density at radius 1 is 1.11 bits per heavy atom. The van der Waals surface area contributed by atoms with Gasteiger partial charge in [0.1, 0.15) is 5.75 Å². The zero-order valence-corrected chi connectivity index (χ0v) is 15.0. The second-order valence-corrected chi connectivity index (χ2v) is 6.19.